The quantitative estimate of drug-likeness (QED) is 0.286. The molecule has 2 atom stereocenters. The van der Waals surface area contributed by atoms with Gasteiger partial charge in [0.2, 0.25) is 0 Å². The fraction of sp³-hybridized carbons (Fsp3) is 0.500. The molecule has 0 spiro atoms. The van der Waals surface area contributed by atoms with Crippen LogP contribution in [0.4, 0.5) is 0 Å². The van der Waals surface area contributed by atoms with Gasteiger partial charge in [0, 0.05) is 11.8 Å². The fourth-order valence-electron chi connectivity index (χ4n) is 0.910. The van der Waals surface area contributed by atoms with Crippen molar-refractivity contribution in [2.75, 3.05) is 14.2 Å². The fourth-order valence-corrected chi connectivity index (χ4v) is 0.910. The Hall–Kier alpha value is -2.56. The largest absolute Gasteiger partial charge is 0.466 e. The van der Waals surface area contributed by atoms with E-state index in [1.54, 1.807) is 0 Å². The third-order valence-electron chi connectivity index (χ3n) is 1.90. The van der Waals surface area contributed by atoms with Crippen LogP contribution < -0.4 is 0 Å². The topological polar surface area (TPSA) is 105 Å². The third-order valence-corrected chi connectivity index (χ3v) is 1.90. The highest BCUT2D eigenvalue weighted by molar-refractivity contribution is 5.99. The van der Waals surface area contributed by atoms with E-state index in [-0.39, 0.29) is 0 Å². The molecule has 0 aliphatic carbocycles. The van der Waals surface area contributed by atoms with E-state index < -0.39 is 36.1 Å². The van der Waals surface area contributed by atoms with Gasteiger partial charge in [0.25, 0.3) is 0 Å². The van der Waals surface area contributed by atoms with Crippen molar-refractivity contribution in [1.82, 2.24) is 0 Å². The minimum Gasteiger partial charge on any atom is -0.466 e. The van der Waals surface area contributed by atoms with Crippen molar-refractivity contribution in [3.05, 3.63) is 0 Å². The molecule has 0 radical (unpaired) electrons. The molecule has 0 heterocycles. The molecule has 0 rings (SSSR count). The maximum Gasteiger partial charge on any atom is 0.385 e. The lowest BCUT2D eigenvalue weighted by Gasteiger charge is -2.08. The number of methoxy groups -OCH3 is 2. The monoisotopic (exact) mass is 286 g/mol. The Morgan fingerprint density at radius 2 is 1.05 bits per heavy atom. The lowest BCUT2D eigenvalue weighted by Crippen LogP contribution is -2.25. The van der Waals surface area contributed by atoms with Crippen molar-refractivity contribution in [1.29, 1.82) is 0 Å². The van der Waals surface area contributed by atoms with E-state index in [0.29, 0.717) is 0 Å². The first kappa shape index (κ1) is 17.4. The van der Waals surface area contributed by atoms with Crippen LogP contribution in [0.2, 0.25) is 0 Å². The van der Waals surface area contributed by atoms with Gasteiger partial charge in [-0.1, -0.05) is 0 Å². The molecular formula is C12H14O8. The number of hydrogen-bond donors (Lipinski definition) is 0. The molecule has 0 unspecified atom stereocenters. The molecular weight excluding hydrogens is 272 g/mol. The Balaban J connectivity index is 4.37. The minimum atomic E-state index is -1.15. The van der Waals surface area contributed by atoms with E-state index in [1.165, 1.54) is 13.8 Å². The van der Waals surface area contributed by atoms with Crippen molar-refractivity contribution < 1.29 is 38.1 Å². The van der Waals surface area contributed by atoms with E-state index in [9.17, 15) is 19.2 Å². The summed E-state index contributed by atoms with van der Waals surface area (Å²) in [4.78, 5) is 44.2. The standard InChI is InChI=1S/C12H14O8/c1-7(11(15)17-3)19-9(13)5-6-10(14)20-8(2)12(16)18-4/h7-8H,1-4H3/t7-,8-/m0/s1. The number of rotatable bonds is 4. The Morgan fingerprint density at radius 1 is 0.750 bits per heavy atom. The summed E-state index contributed by atoms with van der Waals surface area (Å²) in [5.41, 5.74) is 0. The highest BCUT2D eigenvalue weighted by Gasteiger charge is 2.18. The first-order valence-corrected chi connectivity index (χ1v) is 5.40. The molecule has 0 bridgehead atoms. The van der Waals surface area contributed by atoms with Crippen molar-refractivity contribution >= 4 is 23.9 Å². The van der Waals surface area contributed by atoms with Gasteiger partial charge in [-0.2, -0.15) is 0 Å². The van der Waals surface area contributed by atoms with Crippen LogP contribution in [0, 0.1) is 11.8 Å². The molecule has 0 amide bonds. The number of carbonyl (C=O) groups is 4. The molecule has 20 heavy (non-hydrogen) atoms. The molecule has 8 nitrogen and oxygen atoms in total. The zero-order valence-corrected chi connectivity index (χ0v) is 11.4. The summed E-state index contributed by atoms with van der Waals surface area (Å²) in [6, 6.07) is 0. The molecule has 110 valence electrons. The first-order chi connectivity index (χ1) is 9.31. The summed E-state index contributed by atoms with van der Waals surface area (Å²) in [6.07, 6.45) is -2.29. The summed E-state index contributed by atoms with van der Waals surface area (Å²) >= 11 is 0. The van der Waals surface area contributed by atoms with Crippen LogP contribution in [0.25, 0.3) is 0 Å². The molecule has 0 aliphatic rings. The van der Waals surface area contributed by atoms with Gasteiger partial charge in [0.15, 0.2) is 12.2 Å². The van der Waals surface area contributed by atoms with Crippen LogP contribution in [0.3, 0.4) is 0 Å². The Morgan fingerprint density at radius 3 is 1.30 bits per heavy atom. The summed E-state index contributed by atoms with van der Waals surface area (Å²) in [7, 11) is 2.26. The number of hydrogen-bond acceptors (Lipinski definition) is 8. The van der Waals surface area contributed by atoms with Crippen molar-refractivity contribution in [3.8, 4) is 11.8 Å². The van der Waals surface area contributed by atoms with Gasteiger partial charge in [0.05, 0.1) is 14.2 Å². The van der Waals surface area contributed by atoms with Crippen LogP contribution >= 0.6 is 0 Å². The van der Waals surface area contributed by atoms with Gasteiger partial charge in [-0.3, -0.25) is 0 Å². The second-order valence-corrected chi connectivity index (χ2v) is 3.39. The van der Waals surface area contributed by atoms with Gasteiger partial charge >= 0.3 is 23.9 Å². The summed E-state index contributed by atoms with van der Waals surface area (Å²) in [5.74, 6) is -0.118. The molecule has 0 aromatic carbocycles. The van der Waals surface area contributed by atoms with Gasteiger partial charge < -0.3 is 18.9 Å². The zero-order valence-electron chi connectivity index (χ0n) is 11.4. The number of esters is 4. The van der Waals surface area contributed by atoms with Gasteiger partial charge in [-0.15, -0.1) is 0 Å². The summed E-state index contributed by atoms with van der Waals surface area (Å²) in [6.45, 7) is 2.56. The Kier molecular flexibility index (Phi) is 7.43. The predicted octanol–water partition coefficient (Wildman–Crippen LogP) is -0.801. The van der Waals surface area contributed by atoms with Crippen LogP contribution in [0.15, 0.2) is 0 Å². The molecule has 0 aromatic heterocycles. The van der Waals surface area contributed by atoms with E-state index in [1.807, 2.05) is 11.8 Å². The van der Waals surface area contributed by atoms with Crippen LogP contribution in [0.5, 0.6) is 0 Å². The Labute approximate surface area is 115 Å². The molecule has 0 aromatic rings. The highest BCUT2D eigenvalue weighted by atomic mass is 16.6. The lowest BCUT2D eigenvalue weighted by atomic mass is 10.4. The van der Waals surface area contributed by atoms with E-state index >= 15 is 0 Å². The van der Waals surface area contributed by atoms with E-state index in [0.717, 1.165) is 14.2 Å². The number of ether oxygens (including phenoxy) is 4. The van der Waals surface area contributed by atoms with Crippen LogP contribution in [-0.2, 0) is 38.1 Å². The molecule has 8 heteroatoms. The predicted molar refractivity (Wildman–Crippen MR) is 62.9 cm³/mol. The minimum absolute atomic E-state index is 0.762. The molecule has 0 N–H and O–H groups in total. The SMILES string of the molecule is COC(=O)[C@H](C)OC(=O)C#CC(=O)O[C@@H](C)C(=O)OC. The zero-order chi connectivity index (χ0) is 15.7. The van der Waals surface area contributed by atoms with Gasteiger partial charge in [-0.05, 0) is 13.8 Å². The van der Waals surface area contributed by atoms with Crippen LogP contribution in [-0.4, -0.2) is 50.3 Å². The second-order valence-electron chi connectivity index (χ2n) is 3.39. The second kappa shape index (κ2) is 8.53. The average Bonchev–Trinajstić information content (AvgIpc) is 2.42. The first-order valence-electron chi connectivity index (χ1n) is 5.40. The smallest absolute Gasteiger partial charge is 0.385 e. The normalized spacial score (nSPS) is 12.0. The maximum absolute atomic E-state index is 11.2. The average molecular weight is 286 g/mol. The van der Waals surface area contributed by atoms with E-state index in [4.69, 9.17) is 0 Å². The molecule has 0 aliphatic heterocycles. The summed E-state index contributed by atoms with van der Waals surface area (Å²) < 4.78 is 17.7. The van der Waals surface area contributed by atoms with Gasteiger partial charge in [-0.25, -0.2) is 19.2 Å². The molecule has 0 fully saturated rings. The molecule has 0 saturated heterocycles. The number of carbonyl (C=O) groups excluding carboxylic acids is 4. The lowest BCUT2D eigenvalue weighted by molar-refractivity contribution is -0.161. The summed E-state index contributed by atoms with van der Waals surface area (Å²) in [5, 5.41) is 0. The van der Waals surface area contributed by atoms with Crippen molar-refractivity contribution in [2.24, 2.45) is 0 Å². The highest BCUT2D eigenvalue weighted by Crippen LogP contribution is 1.95. The maximum atomic E-state index is 11.2. The van der Waals surface area contributed by atoms with Crippen molar-refractivity contribution in [3.63, 3.8) is 0 Å². The van der Waals surface area contributed by atoms with Crippen molar-refractivity contribution in [2.45, 2.75) is 26.1 Å². The molecule has 0 saturated carbocycles. The van der Waals surface area contributed by atoms with Crippen LogP contribution in [0.1, 0.15) is 13.8 Å². The van der Waals surface area contributed by atoms with E-state index in [2.05, 4.69) is 18.9 Å². The Bertz CT molecular complexity index is 416. The van der Waals surface area contributed by atoms with Gasteiger partial charge in [0.1, 0.15) is 0 Å². The third kappa shape index (κ3) is 6.39.